The first-order valence-electron chi connectivity index (χ1n) is 10.3. The number of hydrogen-bond donors (Lipinski definition) is 0. The minimum atomic E-state index is -0.145. The minimum absolute atomic E-state index is 0.0398. The molecule has 2 unspecified atom stereocenters. The zero-order valence-electron chi connectivity index (χ0n) is 16.6. The number of fused-ring (bicyclic) bond motifs is 5. The van der Waals surface area contributed by atoms with Gasteiger partial charge in [0.25, 0.3) is 0 Å². The maximum absolute atomic E-state index is 12.2. The molecule has 0 N–H and O–H groups in total. The fraction of sp³-hybridized carbons (Fsp3) is 0.739. The van der Waals surface area contributed by atoms with Crippen molar-refractivity contribution in [1.82, 2.24) is 0 Å². The molecule has 2 saturated carbocycles. The van der Waals surface area contributed by atoms with Crippen LogP contribution in [0.5, 0.6) is 0 Å². The number of esters is 1. The molecule has 0 radical (unpaired) electrons. The van der Waals surface area contributed by atoms with Crippen molar-refractivity contribution in [1.29, 1.82) is 0 Å². The molecule has 4 rings (SSSR count). The van der Waals surface area contributed by atoms with Gasteiger partial charge < -0.3 is 4.74 Å². The van der Waals surface area contributed by atoms with Crippen molar-refractivity contribution in [3.63, 3.8) is 0 Å². The first-order valence-corrected chi connectivity index (χ1v) is 10.3. The second kappa shape index (κ2) is 6.07. The van der Waals surface area contributed by atoms with Crippen LogP contribution in [0.4, 0.5) is 0 Å². The summed E-state index contributed by atoms with van der Waals surface area (Å²) in [5, 5.41) is 0. The number of rotatable bonds is 2. The van der Waals surface area contributed by atoms with Crippen molar-refractivity contribution in [2.45, 2.75) is 78.7 Å². The molecule has 0 heterocycles. The monoisotopic (exact) mass is 356 g/mol. The van der Waals surface area contributed by atoms with Crippen LogP contribution in [0.1, 0.15) is 72.6 Å². The summed E-state index contributed by atoms with van der Waals surface area (Å²) in [4.78, 5) is 23.5. The van der Waals surface area contributed by atoms with Crippen molar-refractivity contribution < 1.29 is 14.3 Å². The highest BCUT2D eigenvalue weighted by atomic mass is 16.5. The molecule has 0 aromatic carbocycles. The molecule has 0 saturated heterocycles. The van der Waals surface area contributed by atoms with E-state index in [2.05, 4.69) is 26.0 Å². The van der Waals surface area contributed by atoms with Crippen LogP contribution in [-0.4, -0.2) is 17.9 Å². The molecule has 0 aliphatic heterocycles. The van der Waals surface area contributed by atoms with Crippen LogP contribution in [0.2, 0.25) is 0 Å². The molecule has 26 heavy (non-hydrogen) atoms. The van der Waals surface area contributed by atoms with E-state index in [4.69, 9.17) is 4.74 Å². The van der Waals surface area contributed by atoms with Crippen LogP contribution < -0.4 is 0 Å². The van der Waals surface area contributed by atoms with E-state index in [1.165, 1.54) is 19.8 Å². The summed E-state index contributed by atoms with van der Waals surface area (Å²) in [6.45, 7) is 8.02. The standard InChI is InChI=1S/C23H32O3/c1-14(24)19-7-8-20-18-6-5-16-13-17(26-15(2)25)9-11-22(16,3)21(18)10-12-23(19,20)4/h7,10,16-18,20H,5-6,8-9,11-13H2,1-4H3/t16?,17?,18-,20-,22-,23+/m0/s1. The van der Waals surface area contributed by atoms with E-state index in [1.54, 1.807) is 12.5 Å². The van der Waals surface area contributed by atoms with Gasteiger partial charge in [0.05, 0.1) is 0 Å². The molecule has 4 aliphatic rings. The lowest BCUT2D eigenvalue weighted by atomic mass is 9.48. The van der Waals surface area contributed by atoms with E-state index >= 15 is 0 Å². The van der Waals surface area contributed by atoms with Gasteiger partial charge in [0.15, 0.2) is 5.78 Å². The van der Waals surface area contributed by atoms with E-state index in [9.17, 15) is 9.59 Å². The average Bonchev–Trinajstić information content (AvgIpc) is 2.92. The van der Waals surface area contributed by atoms with Gasteiger partial charge in [-0.15, -0.1) is 0 Å². The molecule has 0 bridgehead atoms. The molecule has 3 heteroatoms. The zero-order valence-corrected chi connectivity index (χ0v) is 16.6. The number of allylic oxidation sites excluding steroid dienone is 4. The second-order valence-corrected chi connectivity index (χ2v) is 9.60. The summed E-state index contributed by atoms with van der Waals surface area (Å²) in [5.74, 6) is 1.94. The largest absolute Gasteiger partial charge is 0.463 e. The Labute approximate surface area is 157 Å². The normalized spacial score (nSPS) is 44.2. The van der Waals surface area contributed by atoms with Crippen molar-refractivity contribution in [3.05, 3.63) is 23.3 Å². The Morgan fingerprint density at radius 2 is 1.85 bits per heavy atom. The lowest BCUT2D eigenvalue weighted by molar-refractivity contribution is -0.151. The Hall–Kier alpha value is -1.38. The molecule has 6 atom stereocenters. The van der Waals surface area contributed by atoms with Gasteiger partial charge in [0, 0.05) is 12.3 Å². The third-order valence-corrected chi connectivity index (χ3v) is 8.27. The van der Waals surface area contributed by atoms with E-state index in [1.807, 2.05) is 0 Å². The van der Waals surface area contributed by atoms with Gasteiger partial charge in [0.2, 0.25) is 0 Å². The zero-order chi connectivity index (χ0) is 18.7. The van der Waals surface area contributed by atoms with Gasteiger partial charge in [-0.1, -0.05) is 31.6 Å². The quantitative estimate of drug-likeness (QED) is 0.516. The predicted molar refractivity (Wildman–Crippen MR) is 101 cm³/mol. The lowest BCUT2D eigenvalue weighted by Crippen LogP contribution is -2.48. The lowest BCUT2D eigenvalue weighted by Gasteiger charge is -2.56. The fourth-order valence-corrected chi connectivity index (χ4v) is 6.96. The summed E-state index contributed by atoms with van der Waals surface area (Å²) in [6.07, 6.45) is 12.5. The van der Waals surface area contributed by atoms with Crippen molar-refractivity contribution in [2.75, 3.05) is 0 Å². The van der Waals surface area contributed by atoms with Gasteiger partial charge in [-0.3, -0.25) is 9.59 Å². The number of ketones is 1. The predicted octanol–water partition coefficient (Wildman–Crippen LogP) is 5.01. The van der Waals surface area contributed by atoms with E-state index in [0.717, 1.165) is 37.7 Å². The van der Waals surface area contributed by atoms with Crippen LogP contribution in [0.3, 0.4) is 0 Å². The highest BCUT2D eigenvalue weighted by Gasteiger charge is 2.56. The van der Waals surface area contributed by atoms with Crippen LogP contribution in [0.25, 0.3) is 0 Å². The van der Waals surface area contributed by atoms with Gasteiger partial charge >= 0.3 is 5.97 Å². The fourth-order valence-electron chi connectivity index (χ4n) is 6.96. The molecule has 3 nitrogen and oxygen atoms in total. The Morgan fingerprint density at radius 3 is 2.54 bits per heavy atom. The van der Waals surface area contributed by atoms with E-state index in [0.29, 0.717) is 17.8 Å². The van der Waals surface area contributed by atoms with Gasteiger partial charge in [0.1, 0.15) is 6.10 Å². The number of hydrogen-bond acceptors (Lipinski definition) is 3. The van der Waals surface area contributed by atoms with Crippen LogP contribution in [-0.2, 0) is 14.3 Å². The van der Waals surface area contributed by atoms with Crippen LogP contribution >= 0.6 is 0 Å². The molecule has 0 amide bonds. The Bertz CT molecular complexity index is 702. The Balaban J connectivity index is 1.60. The second-order valence-electron chi connectivity index (χ2n) is 9.60. The topological polar surface area (TPSA) is 43.4 Å². The van der Waals surface area contributed by atoms with Gasteiger partial charge in [-0.2, -0.15) is 0 Å². The van der Waals surface area contributed by atoms with Gasteiger partial charge in [-0.25, -0.2) is 0 Å². The highest BCUT2D eigenvalue weighted by molar-refractivity contribution is 5.95. The van der Waals surface area contributed by atoms with Crippen molar-refractivity contribution >= 4 is 11.8 Å². The molecule has 0 aromatic heterocycles. The summed E-state index contributed by atoms with van der Waals surface area (Å²) < 4.78 is 5.54. The van der Waals surface area contributed by atoms with Gasteiger partial charge in [-0.05, 0) is 80.6 Å². The highest BCUT2D eigenvalue weighted by Crippen LogP contribution is 2.64. The molecule has 0 aromatic rings. The Morgan fingerprint density at radius 1 is 1.08 bits per heavy atom. The average molecular weight is 357 g/mol. The molecule has 4 aliphatic carbocycles. The van der Waals surface area contributed by atoms with E-state index in [-0.39, 0.29) is 28.7 Å². The SMILES string of the molecule is CC(=O)OC1CC[C@]2(C)C3=CC[C@]4(C)C(C(C)=O)=CC[C@H]4[C@@H]3CCC2C1. The van der Waals surface area contributed by atoms with Crippen molar-refractivity contribution in [2.24, 2.45) is 28.6 Å². The maximum Gasteiger partial charge on any atom is 0.302 e. The summed E-state index contributed by atoms with van der Waals surface area (Å²) in [5.41, 5.74) is 3.03. The third-order valence-electron chi connectivity index (χ3n) is 8.27. The third kappa shape index (κ3) is 2.53. The summed E-state index contributed by atoms with van der Waals surface area (Å²) in [6, 6.07) is 0. The molecule has 142 valence electrons. The Kier molecular flexibility index (Phi) is 4.20. The first kappa shape index (κ1) is 18.0. The molecule has 2 fully saturated rings. The molecular weight excluding hydrogens is 324 g/mol. The summed E-state index contributed by atoms with van der Waals surface area (Å²) >= 11 is 0. The minimum Gasteiger partial charge on any atom is -0.463 e. The van der Waals surface area contributed by atoms with E-state index < -0.39 is 0 Å². The maximum atomic E-state index is 12.2. The molecule has 0 spiro atoms. The van der Waals surface area contributed by atoms with Crippen molar-refractivity contribution in [3.8, 4) is 0 Å². The number of ether oxygens (including phenoxy) is 1. The first-order chi connectivity index (χ1) is 12.3. The number of Topliss-reactive ketones (excluding diaryl/α,β-unsaturated/α-hetero) is 1. The number of carbonyl (C=O) groups is 2. The summed E-state index contributed by atoms with van der Waals surface area (Å²) in [7, 11) is 0. The van der Waals surface area contributed by atoms with Crippen LogP contribution in [0, 0.1) is 28.6 Å². The smallest absolute Gasteiger partial charge is 0.302 e. The molecular formula is C23H32O3. The number of carbonyl (C=O) groups excluding carboxylic acids is 2. The van der Waals surface area contributed by atoms with Crippen LogP contribution in [0.15, 0.2) is 23.3 Å².